The summed E-state index contributed by atoms with van der Waals surface area (Å²) < 4.78 is 8.60. The molecule has 0 saturated carbocycles. The number of nitrogens with two attached hydrogens (primary N) is 2. The summed E-state index contributed by atoms with van der Waals surface area (Å²) in [6.07, 6.45) is 0. The number of phenolic OH excluding ortho intramolecular Hbond substituents is 1. The second-order valence-electron chi connectivity index (χ2n) is 10.00. The number of hydrogen-bond acceptors (Lipinski definition) is 6. The molecular formula is C28H28N4O5. The summed E-state index contributed by atoms with van der Waals surface area (Å²) in [5.41, 5.74) is 12.0. The average molecular weight is 501 g/mol. The third-order valence-electron chi connectivity index (χ3n) is 7.38. The lowest BCUT2D eigenvalue weighted by Crippen LogP contribution is -2.44. The predicted octanol–water partition coefficient (Wildman–Crippen LogP) is 3.00. The van der Waals surface area contributed by atoms with Crippen LogP contribution in [0.1, 0.15) is 52.4 Å². The van der Waals surface area contributed by atoms with Crippen molar-refractivity contribution in [1.82, 2.24) is 9.13 Å². The van der Waals surface area contributed by atoms with Crippen LogP contribution in [0, 0.1) is 13.8 Å². The first-order valence-corrected chi connectivity index (χ1v) is 11.8. The number of nitrogens with zero attached hydrogens (tertiary/aromatic N) is 2. The Hall–Kier alpha value is -4.53. The van der Waals surface area contributed by atoms with Crippen molar-refractivity contribution in [3.8, 4) is 17.2 Å². The number of ether oxygens (including phenoxy) is 1. The van der Waals surface area contributed by atoms with Crippen LogP contribution < -0.4 is 27.5 Å². The van der Waals surface area contributed by atoms with E-state index in [1.54, 1.807) is 33.8 Å². The molecule has 0 radical (unpaired) electrons. The largest absolute Gasteiger partial charge is 0.507 e. The van der Waals surface area contributed by atoms with Crippen LogP contribution in [0.2, 0.25) is 0 Å². The highest BCUT2D eigenvalue weighted by Gasteiger charge is 2.48. The van der Waals surface area contributed by atoms with Crippen molar-refractivity contribution in [2.75, 3.05) is 5.73 Å². The number of aromatic nitrogens is 2. The number of primary amides is 1. The lowest BCUT2D eigenvalue weighted by molar-refractivity contribution is 0.0976. The smallest absolute Gasteiger partial charge is 0.336 e. The van der Waals surface area contributed by atoms with Crippen LogP contribution in [0.3, 0.4) is 0 Å². The van der Waals surface area contributed by atoms with Gasteiger partial charge in [0.25, 0.3) is 11.5 Å². The van der Waals surface area contributed by atoms with E-state index in [0.717, 1.165) is 15.3 Å². The highest BCUT2D eigenvalue weighted by Crippen LogP contribution is 2.54. The molecule has 9 heteroatoms. The van der Waals surface area contributed by atoms with Crippen LogP contribution >= 0.6 is 0 Å². The van der Waals surface area contributed by atoms with Gasteiger partial charge >= 0.3 is 5.69 Å². The van der Waals surface area contributed by atoms with E-state index < -0.39 is 28.7 Å². The minimum atomic E-state index is -1.07. The van der Waals surface area contributed by atoms with Gasteiger partial charge in [0.1, 0.15) is 22.9 Å². The fraction of sp³-hybridized carbons (Fsp3) is 0.250. The summed E-state index contributed by atoms with van der Waals surface area (Å²) in [6.45, 7) is 6.80. The van der Waals surface area contributed by atoms with Gasteiger partial charge in [-0.3, -0.25) is 14.2 Å². The summed E-state index contributed by atoms with van der Waals surface area (Å²) in [4.78, 5) is 39.5. The minimum absolute atomic E-state index is 0.0425. The van der Waals surface area contributed by atoms with Crippen molar-refractivity contribution >= 4 is 22.5 Å². The highest BCUT2D eigenvalue weighted by atomic mass is 16.5. The van der Waals surface area contributed by atoms with E-state index in [1.165, 1.54) is 11.6 Å². The first kappa shape index (κ1) is 24.2. The average Bonchev–Trinajstić information content (AvgIpc) is 3.12. The molecule has 190 valence electrons. The number of carbonyl (C=O) groups is 1. The third-order valence-corrected chi connectivity index (χ3v) is 7.38. The predicted molar refractivity (Wildman–Crippen MR) is 142 cm³/mol. The van der Waals surface area contributed by atoms with Gasteiger partial charge in [-0.15, -0.1) is 0 Å². The van der Waals surface area contributed by atoms with Crippen molar-refractivity contribution in [1.29, 1.82) is 0 Å². The van der Waals surface area contributed by atoms with E-state index >= 15 is 0 Å². The van der Waals surface area contributed by atoms with E-state index in [-0.39, 0.29) is 28.4 Å². The van der Waals surface area contributed by atoms with Crippen LogP contribution in [0.5, 0.6) is 11.5 Å². The lowest BCUT2D eigenvalue weighted by atomic mass is 9.78. The van der Waals surface area contributed by atoms with Gasteiger partial charge < -0.3 is 21.3 Å². The van der Waals surface area contributed by atoms with Crippen LogP contribution in [-0.2, 0) is 7.05 Å². The number of phenols is 1. The van der Waals surface area contributed by atoms with Gasteiger partial charge in [-0.1, -0.05) is 36.4 Å². The number of nitrogen functional groups attached to an aromatic ring is 1. The molecule has 1 aliphatic rings. The van der Waals surface area contributed by atoms with Crippen LogP contribution in [0.4, 0.5) is 5.82 Å². The second-order valence-corrected chi connectivity index (χ2v) is 10.00. The normalized spacial score (nSPS) is 16.0. The first-order valence-electron chi connectivity index (χ1n) is 11.8. The first-order chi connectivity index (χ1) is 17.4. The van der Waals surface area contributed by atoms with Gasteiger partial charge in [0.15, 0.2) is 0 Å². The summed E-state index contributed by atoms with van der Waals surface area (Å²) in [5.74, 6) is -1.52. The maximum atomic E-state index is 13.7. The Balaban J connectivity index is 1.92. The molecule has 1 atom stereocenters. The van der Waals surface area contributed by atoms with Gasteiger partial charge in [0.05, 0.1) is 22.7 Å². The van der Waals surface area contributed by atoms with Crippen LogP contribution in [-0.4, -0.2) is 25.7 Å². The Morgan fingerprint density at radius 1 is 1.03 bits per heavy atom. The minimum Gasteiger partial charge on any atom is -0.507 e. The number of hydrogen-bond donors (Lipinski definition) is 3. The Bertz CT molecular complexity index is 1760. The maximum absolute atomic E-state index is 13.7. The van der Waals surface area contributed by atoms with E-state index in [4.69, 9.17) is 16.2 Å². The molecule has 0 aliphatic carbocycles. The maximum Gasteiger partial charge on any atom is 0.336 e. The van der Waals surface area contributed by atoms with Crippen molar-refractivity contribution < 1.29 is 14.6 Å². The van der Waals surface area contributed by atoms with E-state index in [9.17, 15) is 19.5 Å². The number of fused-ring (bicyclic) bond motifs is 2. The van der Waals surface area contributed by atoms with Gasteiger partial charge in [0, 0.05) is 23.6 Å². The zero-order valence-electron chi connectivity index (χ0n) is 21.2. The Labute approximate surface area is 212 Å². The second kappa shape index (κ2) is 7.99. The highest BCUT2D eigenvalue weighted by molar-refractivity contribution is 5.99. The van der Waals surface area contributed by atoms with Crippen molar-refractivity contribution in [2.45, 2.75) is 39.2 Å². The number of amides is 1. The summed E-state index contributed by atoms with van der Waals surface area (Å²) in [7, 11) is 1.40. The fourth-order valence-electron chi connectivity index (χ4n) is 5.57. The molecule has 0 saturated heterocycles. The topological polar surface area (TPSA) is 143 Å². The molecule has 0 bridgehead atoms. The summed E-state index contributed by atoms with van der Waals surface area (Å²) in [6, 6.07) is 13.1. The molecule has 4 aromatic rings. The van der Waals surface area contributed by atoms with E-state index in [2.05, 4.69) is 0 Å². The number of rotatable bonds is 3. The molecule has 1 aliphatic heterocycles. The quantitative estimate of drug-likeness (QED) is 0.395. The lowest BCUT2D eigenvalue weighted by Gasteiger charge is -2.28. The molecule has 0 spiro atoms. The molecule has 9 nitrogen and oxygen atoms in total. The molecule has 0 fully saturated rings. The Morgan fingerprint density at radius 2 is 1.68 bits per heavy atom. The molecule has 5 N–H and O–H groups in total. The molecule has 3 aromatic carbocycles. The fourth-order valence-corrected chi connectivity index (χ4v) is 5.57. The SMILES string of the molecule is Cc1c(O)c(C)c2c(c1C(N)=O)OC(C)(C)C2c1c(N)n(-c2cccc3ccccc23)c(=O)n(C)c1=O. The number of carbonyl (C=O) groups excluding carboxylic acids is 1. The van der Waals surface area contributed by atoms with E-state index in [0.29, 0.717) is 22.4 Å². The Morgan fingerprint density at radius 3 is 2.35 bits per heavy atom. The number of benzene rings is 3. The van der Waals surface area contributed by atoms with Gasteiger partial charge in [-0.2, -0.15) is 0 Å². The van der Waals surface area contributed by atoms with Gasteiger partial charge in [-0.05, 0) is 44.7 Å². The van der Waals surface area contributed by atoms with Crippen molar-refractivity contribution in [2.24, 2.45) is 12.8 Å². The van der Waals surface area contributed by atoms with E-state index in [1.807, 2.05) is 36.4 Å². The molecule has 5 rings (SSSR count). The third kappa shape index (κ3) is 3.27. The molecule has 1 aromatic heterocycles. The van der Waals surface area contributed by atoms with Crippen molar-refractivity contribution in [3.05, 3.63) is 91.1 Å². The van der Waals surface area contributed by atoms with Crippen molar-refractivity contribution in [3.63, 3.8) is 0 Å². The van der Waals surface area contributed by atoms with Gasteiger partial charge in [0.2, 0.25) is 0 Å². The van der Waals surface area contributed by atoms with Crippen LogP contribution in [0.15, 0.2) is 52.1 Å². The summed E-state index contributed by atoms with van der Waals surface area (Å²) >= 11 is 0. The number of aromatic hydroxyl groups is 1. The number of anilines is 1. The zero-order valence-corrected chi connectivity index (χ0v) is 21.2. The standard InChI is InChI=1S/C28H28N4O5/c1-13-18-21(28(3,4)37-23(18)19(25(30)34)14(2)22(13)33)20-24(29)32(27(36)31(5)26(20)35)17-12-8-10-15-9-6-7-11-16(15)17/h6-12,21,33H,29H2,1-5H3,(H2,30,34). The monoisotopic (exact) mass is 500 g/mol. The van der Waals surface area contributed by atoms with Gasteiger partial charge in [-0.25, -0.2) is 9.36 Å². The van der Waals surface area contributed by atoms with Crippen LogP contribution in [0.25, 0.3) is 16.5 Å². The molecule has 1 amide bonds. The zero-order chi connectivity index (χ0) is 27.0. The molecular weight excluding hydrogens is 472 g/mol. The summed E-state index contributed by atoms with van der Waals surface area (Å²) in [5, 5.41) is 12.6. The molecule has 37 heavy (non-hydrogen) atoms. The molecule has 2 heterocycles. The Kier molecular flexibility index (Phi) is 5.22. The molecule has 1 unspecified atom stereocenters.